The van der Waals surface area contributed by atoms with Crippen molar-refractivity contribution < 1.29 is 14.3 Å². The van der Waals surface area contributed by atoms with E-state index < -0.39 is 0 Å². The van der Waals surface area contributed by atoms with E-state index in [0.717, 1.165) is 49.2 Å². The summed E-state index contributed by atoms with van der Waals surface area (Å²) in [6, 6.07) is 5.55. The van der Waals surface area contributed by atoms with Crippen molar-refractivity contribution in [1.29, 1.82) is 0 Å². The number of methoxy groups -OCH3 is 1. The molecule has 0 aliphatic carbocycles. The van der Waals surface area contributed by atoms with Crippen molar-refractivity contribution in [2.75, 3.05) is 26.9 Å². The van der Waals surface area contributed by atoms with E-state index in [-0.39, 0.29) is 5.97 Å². The molecular weight excluding hydrogens is 322 g/mol. The molecule has 0 radical (unpaired) electrons. The molecule has 0 atom stereocenters. The van der Waals surface area contributed by atoms with Crippen molar-refractivity contribution in [2.24, 2.45) is 5.92 Å². The monoisotopic (exact) mass is 341 g/mol. The maximum absolute atomic E-state index is 11.4. The zero-order chi connectivity index (χ0) is 14.4. The number of hydrogen-bond acceptors (Lipinski definition) is 4. The Balaban J connectivity index is 1.84. The van der Waals surface area contributed by atoms with Crippen molar-refractivity contribution >= 4 is 21.9 Å². The molecule has 1 heterocycles. The van der Waals surface area contributed by atoms with E-state index in [0.29, 0.717) is 11.5 Å². The smallest absolute Gasteiger partial charge is 0.337 e. The van der Waals surface area contributed by atoms with Crippen LogP contribution in [0.5, 0.6) is 0 Å². The van der Waals surface area contributed by atoms with Gasteiger partial charge >= 0.3 is 5.97 Å². The molecule has 1 N–H and O–H groups in total. The van der Waals surface area contributed by atoms with Gasteiger partial charge in [0.15, 0.2) is 0 Å². The van der Waals surface area contributed by atoms with Gasteiger partial charge in [-0.1, -0.05) is 22.0 Å². The second-order valence-electron chi connectivity index (χ2n) is 4.98. The lowest BCUT2D eigenvalue weighted by Crippen LogP contribution is -2.27. The molecule has 0 amide bonds. The highest BCUT2D eigenvalue weighted by Crippen LogP contribution is 2.20. The Morgan fingerprint density at radius 2 is 2.20 bits per heavy atom. The summed E-state index contributed by atoms with van der Waals surface area (Å²) in [7, 11) is 1.39. The van der Waals surface area contributed by atoms with Gasteiger partial charge in [-0.15, -0.1) is 0 Å². The molecule has 0 bridgehead atoms. The Kier molecular flexibility index (Phi) is 6.01. The van der Waals surface area contributed by atoms with Gasteiger partial charge in [-0.3, -0.25) is 0 Å². The normalized spacial score (nSPS) is 16.1. The van der Waals surface area contributed by atoms with E-state index in [9.17, 15) is 4.79 Å². The zero-order valence-corrected chi connectivity index (χ0v) is 13.2. The van der Waals surface area contributed by atoms with Crippen molar-refractivity contribution in [3.63, 3.8) is 0 Å². The van der Waals surface area contributed by atoms with Crippen LogP contribution in [0.3, 0.4) is 0 Å². The predicted molar refractivity (Wildman–Crippen MR) is 80.7 cm³/mol. The number of rotatable bonds is 5. The van der Waals surface area contributed by atoms with Crippen LogP contribution in [0.1, 0.15) is 28.8 Å². The highest BCUT2D eigenvalue weighted by Gasteiger charge is 2.13. The molecule has 20 heavy (non-hydrogen) atoms. The third-order valence-corrected chi connectivity index (χ3v) is 4.30. The van der Waals surface area contributed by atoms with Gasteiger partial charge in [0.05, 0.1) is 12.7 Å². The number of nitrogens with one attached hydrogen (secondary N) is 1. The molecule has 0 unspecified atom stereocenters. The largest absolute Gasteiger partial charge is 0.465 e. The van der Waals surface area contributed by atoms with Crippen LogP contribution in [0.4, 0.5) is 0 Å². The van der Waals surface area contributed by atoms with E-state index in [2.05, 4.69) is 21.2 Å². The van der Waals surface area contributed by atoms with E-state index in [1.807, 2.05) is 6.07 Å². The first-order chi connectivity index (χ1) is 9.70. The number of ether oxygens (including phenoxy) is 2. The highest BCUT2D eigenvalue weighted by molar-refractivity contribution is 9.10. The lowest BCUT2D eigenvalue weighted by Gasteiger charge is -2.22. The SMILES string of the molecule is COC(=O)c1ccc(CNCC2CCOCC2)c(Br)c1. The number of halogens is 1. The van der Waals surface area contributed by atoms with Gasteiger partial charge < -0.3 is 14.8 Å². The molecule has 5 heteroatoms. The first-order valence-electron chi connectivity index (χ1n) is 6.86. The van der Waals surface area contributed by atoms with Crippen molar-refractivity contribution in [2.45, 2.75) is 19.4 Å². The molecule has 1 aliphatic rings. The van der Waals surface area contributed by atoms with Crippen LogP contribution in [0.15, 0.2) is 22.7 Å². The standard InChI is InChI=1S/C15H20BrNO3/c1-19-15(18)12-2-3-13(14(16)8-12)10-17-9-11-4-6-20-7-5-11/h2-3,8,11,17H,4-7,9-10H2,1H3. The minimum atomic E-state index is -0.313. The van der Waals surface area contributed by atoms with Crippen molar-refractivity contribution in [1.82, 2.24) is 5.32 Å². The molecule has 0 saturated carbocycles. The van der Waals surface area contributed by atoms with Gasteiger partial charge in [0.1, 0.15) is 0 Å². The highest BCUT2D eigenvalue weighted by atomic mass is 79.9. The first-order valence-corrected chi connectivity index (χ1v) is 7.65. The number of carbonyl (C=O) groups is 1. The topological polar surface area (TPSA) is 47.6 Å². The second kappa shape index (κ2) is 7.76. The van der Waals surface area contributed by atoms with Gasteiger partial charge in [0.25, 0.3) is 0 Å². The molecule has 110 valence electrons. The van der Waals surface area contributed by atoms with Gasteiger partial charge in [-0.2, -0.15) is 0 Å². The summed E-state index contributed by atoms with van der Waals surface area (Å²) in [5.41, 5.74) is 1.71. The molecule has 0 aromatic heterocycles. The van der Waals surface area contributed by atoms with E-state index in [1.165, 1.54) is 7.11 Å². The maximum Gasteiger partial charge on any atom is 0.337 e. The summed E-state index contributed by atoms with van der Waals surface area (Å²) < 4.78 is 11.0. The Bertz CT molecular complexity index is 458. The summed E-state index contributed by atoms with van der Waals surface area (Å²) in [6.07, 6.45) is 2.27. The molecule has 1 aromatic rings. The number of esters is 1. The van der Waals surface area contributed by atoms with Crippen LogP contribution in [0.2, 0.25) is 0 Å². The first kappa shape index (κ1) is 15.5. The molecule has 1 saturated heterocycles. The average molecular weight is 342 g/mol. The molecule has 1 aliphatic heterocycles. The fourth-order valence-electron chi connectivity index (χ4n) is 2.30. The van der Waals surface area contributed by atoms with Crippen LogP contribution < -0.4 is 5.32 Å². The minimum absolute atomic E-state index is 0.313. The van der Waals surface area contributed by atoms with Gasteiger partial charge in [-0.25, -0.2) is 4.79 Å². The van der Waals surface area contributed by atoms with E-state index in [4.69, 9.17) is 9.47 Å². The molecule has 0 spiro atoms. The summed E-state index contributed by atoms with van der Waals surface area (Å²) in [4.78, 5) is 11.4. The summed E-state index contributed by atoms with van der Waals surface area (Å²) in [5.74, 6) is 0.393. The van der Waals surface area contributed by atoms with Crippen LogP contribution in [-0.4, -0.2) is 32.8 Å². The fourth-order valence-corrected chi connectivity index (χ4v) is 2.82. The Hall–Kier alpha value is -0.910. The maximum atomic E-state index is 11.4. The summed E-state index contributed by atoms with van der Waals surface area (Å²) in [5, 5.41) is 3.47. The zero-order valence-electron chi connectivity index (χ0n) is 11.7. The Morgan fingerprint density at radius 3 is 2.85 bits per heavy atom. The summed E-state index contributed by atoms with van der Waals surface area (Å²) in [6.45, 7) is 3.56. The Labute approximate surface area is 128 Å². The van der Waals surface area contributed by atoms with Crippen LogP contribution in [-0.2, 0) is 16.0 Å². The van der Waals surface area contributed by atoms with E-state index in [1.54, 1.807) is 12.1 Å². The van der Waals surface area contributed by atoms with Gasteiger partial charge in [0, 0.05) is 24.2 Å². The molecular formula is C15H20BrNO3. The van der Waals surface area contributed by atoms with Crippen LogP contribution in [0.25, 0.3) is 0 Å². The lowest BCUT2D eigenvalue weighted by atomic mass is 10.0. The number of carbonyl (C=O) groups excluding carboxylic acids is 1. The Morgan fingerprint density at radius 1 is 1.45 bits per heavy atom. The minimum Gasteiger partial charge on any atom is -0.465 e. The molecule has 4 nitrogen and oxygen atoms in total. The quantitative estimate of drug-likeness (QED) is 0.836. The van der Waals surface area contributed by atoms with Crippen molar-refractivity contribution in [3.05, 3.63) is 33.8 Å². The van der Waals surface area contributed by atoms with Crippen LogP contribution >= 0.6 is 15.9 Å². The summed E-state index contributed by atoms with van der Waals surface area (Å²) >= 11 is 3.50. The van der Waals surface area contributed by atoms with Gasteiger partial charge in [-0.05, 0) is 43.0 Å². The van der Waals surface area contributed by atoms with Gasteiger partial charge in [0.2, 0.25) is 0 Å². The van der Waals surface area contributed by atoms with E-state index >= 15 is 0 Å². The molecule has 2 rings (SSSR count). The third kappa shape index (κ3) is 4.30. The average Bonchev–Trinajstić information content (AvgIpc) is 2.49. The third-order valence-electron chi connectivity index (χ3n) is 3.56. The second-order valence-corrected chi connectivity index (χ2v) is 5.84. The lowest BCUT2D eigenvalue weighted by molar-refractivity contribution is 0.0600. The molecule has 1 aromatic carbocycles. The fraction of sp³-hybridized carbons (Fsp3) is 0.533. The predicted octanol–water partition coefficient (Wildman–Crippen LogP) is 2.75. The van der Waals surface area contributed by atoms with Crippen molar-refractivity contribution in [3.8, 4) is 0 Å². The number of hydrogen-bond donors (Lipinski definition) is 1. The van der Waals surface area contributed by atoms with Crippen LogP contribution in [0, 0.1) is 5.92 Å². The molecule has 1 fully saturated rings. The number of benzene rings is 1.